The first-order valence-corrected chi connectivity index (χ1v) is 7.07. The van der Waals surface area contributed by atoms with Crippen molar-refractivity contribution in [1.29, 1.82) is 0 Å². The molecule has 1 saturated carbocycles. The Bertz CT molecular complexity index is 398. The maximum atomic E-state index is 12.4. The second-order valence-electron chi connectivity index (χ2n) is 6.12. The fourth-order valence-electron chi connectivity index (χ4n) is 3.21. The number of methoxy groups -OCH3 is 2. The van der Waals surface area contributed by atoms with Crippen LogP contribution in [0.3, 0.4) is 0 Å². The molecule has 0 aromatic heterocycles. The first-order chi connectivity index (χ1) is 9.47. The molecule has 1 aliphatic heterocycles. The molecular weight excluding hydrogens is 296 g/mol. The summed E-state index contributed by atoms with van der Waals surface area (Å²) in [6, 6.07) is 0. The van der Waals surface area contributed by atoms with Crippen molar-refractivity contribution >= 4 is 24.3 Å². The zero-order valence-corrected chi connectivity index (χ0v) is 13.7. The molecule has 1 amide bonds. The summed E-state index contributed by atoms with van der Waals surface area (Å²) in [6.07, 6.45) is 2.99. The Morgan fingerprint density at radius 3 is 2.48 bits per heavy atom. The van der Waals surface area contributed by atoms with Crippen molar-refractivity contribution < 1.29 is 19.1 Å². The summed E-state index contributed by atoms with van der Waals surface area (Å²) in [7, 11) is 2.81. The molecule has 2 aliphatic rings. The number of ether oxygens (including phenoxy) is 2. The van der Waals surface area contributed by atoms with E-state index in [1.54, 1.807) is 6.92 Å². The molecule has 0 aromatic carbocycles. The minimum absolute atomic E-state index is 0. The van der Waals surface area contributed by atoms with Gasteiger partial charge < -0.3 is 20.1 Å². The number of hydrogen-bond acceptors (Lipinski definition) is 5. The number of esters is 1. The van der Waals surface area contributed by atoms with Gasteiger partial charge in [-0.15, -0.1) is 12.4 Å². The minimum atomic E-state index is -1.11. The van der Waals surface area contributed by atoms with Gasteiger partial charge in [-0.1, -0.05) is 0 Å². The molecular formula is C14H25ClN2O4. The quantitative estimate of drug-likeness (QED) is 0.721. The lowest BCUT2D eigenvalue weighted by Gasteiger charge is -2.28. The van der Waals surface area contributed by atoms with Crippen LogP contribution in [0.1, 0.15) is 26.2 Å². The van der Waals surface area contributed by atoms with E-state index >= 15 is 0 Å². The van der Waals surface area contributed by atoms with Crippen LogP contribution in [0.5, 0.6) is 0 Å². The average Bonchev–Trinajstić information content (AvgIpc) is 3.12. The summed E-state index contributed by atoms with van der Waals surface area (Å²) < 4.78 is 9.80. The van der Waals surface area contributed by atoms with Gasteiger partial charge in [0.05, 0.1) is 13.7 Å². The average molecular weight is 321 g/mol. The summed E-state index contributed by atoms with van der Waals surface area (Å²) in [4.78, 5) is 24.2. The largest absolute Gasteiger partial charge is 0.467 e. The van der Waals surface area contributed by atoms with Crippen LogP contribution in [0, 0.1) is 11.3 Å². The van der Waals surface area contributed by atoms with Crippen LogP contribution in [0.25, 0.3) is 0 Å². The fraction of sp³-hybridized carbons (Fsp3) is 0.857. The van der Waals surface area contributed by atoms with Gasteiger partial charge in [-0.2, -0.15) is 0 Å². The number of halogens is 1. The van der Waals surface area contributed by atoms with E-state index in [4.69, 9.17) is 9.47 Å². The summed E-state index contributed by atoms with van der Waals surface area (Å²) in [5.41, 5.74) is -0.962. The lowest BCUT2D eigenvalue weighted by Crippen LogP contribution is -2.56. The highest BCUT2D eigenvalue weighted by molar-refractivity contribution is 5.90. The summed E-state index contributed by atoms with van der Waals surface area (Å²) >= 11 is 0. The van der Waals surface area contributed by atoms with E-state index < -0.39 is 11.5 Å². The van der Waals surface area contributed by atoms with Crippen LogP contribution in [0.15, 0.2) is 0 Å². The highest BCUT2D eigenvalue weighted by Gasteiger charge is 2.58. The van der Waals surface area contributed by atoms with Crippen molar-refractivity contribution in [3.63, 3.8) is 0 Å². The molecule has 1 spiro atoms. The Morgan fingerprint density at radius 2 is 1.95 bits per heavy atom. The minimum Gasteiger partial charge on any atom is -0.467 e. The molecule has 1 aliphatic carbocycles. The van der Waals surface area contributed by atoms with Gasteiger partial charge in [0.25, 0.3) is 0 Å². The van der Waals surface area contributed by atoms with Gasteiger partial charge >= 0.3 is 5.97 Å². The molecule has 1 saturated heterocycles. The van der Waals surface area contributed by atoms with E-state index in [0.717, 1.165) is 32.4 Å². The standard InChI is InChI=1S/C14H24N2O4.ClH/c1-13(9-19-2,12(18)20-3)16-11(17)10-8-14(10)4-6-15-7-5-14;/h10,15H,4-9H2,1-3H3,(H,16,17);1H. The number of amides is 1. The van der Waals surface area contributed by atoms with Gasteiger partial charge in [0, 0.05) is 13.0 Å². The summed E-state index contributed by atoms with van der Waals surface area (Å²) in [5.74, 6) is -0.519. The Labute approximate surface area is 131 Å². The van der Waals surface area contributed by atoms with E-state index in [1.165, 1.54) is 14.2 Å². The van der Waals surface area contributed by atoms with Crippen LogP contribution >= 0.6 is 12.4 Å². The first-order valence-electron chi connectivity index (χ1n) is 7.07. The molecule has 2 atom stereocenters. The van der Waals surface area contributed by atoms with Crippen molar-refractivity contribution in [2.45, 2.75) is 31.7 Å². The molecule has 2 unspecified atom stereocenters. The molecule has 2 rings (SSSR count). The van der Waals surface area contributed by atoms with E-state index in [2.05, 4.69) is 10.6 Å². The van der Waals surface area contributed by atoms with Crippen LogP contribution < -0.4 is 10.6 Å². The second-order valence-corrected chi connectivity index (χ2v) is 6.12. The van der Waals surface area contributed by atoms with Crippen LogP contribution in [-0.2, 0) is 19.1 Å². The number of hydrogen-bond donors (Lipinski definition) is 2. The molecule has 0 radical (unpaired) electrons. The molecule has 0 aromatic rings. The third-order valence-corrected chi connectivity index (χ3v) is 4.57. The van der Waals surface area contributed by atoms with Gasteiger partial charge in [0.2, 0.25) is 5.91 Å². The molecule has 6 nitrogen and oxygen atoms in total. The van der Waals surface area contributed by atoms with Crippen molar-refractivity contribution in [2.24, 2.45) is 11.3 Å². The maximum Gasteiger partial charge on any atom is 0.333 e. The van der Waals surface area contributed by atoms with E-state index in [9.17, 15) is 9.59 Å². The number of carbonyl (C=O) groups is 2. The zero-order valence-electron chi connectivity index (χ0n) is 12.9. The lowest BCUT2D eigenvalue weighted by molar-refractivity contribution is -0.153. The van der Waals surface area contributed by atoms with Gasteiger partial charge in [0.1, 0.15) is 0 Å². The van der Waals surface area contributed by atoms with E-state index in [1.807, 2.05) is 0 Å². The molecule has 21 heavy (non-hydrogen) atoms. The predicted octanol–water partition coefficient (Wildman–Crippen LogP) is 0.492. The Balaban J connectivity index is 0.00000220. The normalized spacial score (nSPS) is 25.4. The number of rotatable bonds is 5. The Hall–Kier alpha value is -0.850. The smallest absolute Gasteiger partial charge is 0.333 e. The highest BCUT2D eigenvalue weighted by atomic mass is 35.5. The van der Waals surface area contributed by atoms with Gasteiger partial charge in [-0.25, -0.2) is 4.79 Å². The topological polar surface area (TPSA) is 76.7 Å². The SMILES string of the molecule is COCC(C)(NC(=O)C1CC12CCNCC2)C(=O)OC.Cl. The fourth-order valence-corrected chi connectivity index (χ4v) is 3.21. The van der Waals surface area contributed by atoms with E-state index in [0.29, 0.717) is 0 Å². The van der Waals surface area contributed by atoms with Crippen molar-refractivity contribution in [2.75, 3.05) is 33.9 Å². The molecule has 7 heteroatoms. The molecule has 2 fully saturated rings. The number of carbonyl (C=O) groups excluding carboxylic acids is 2. The first kappa shape index (κ1) is 18.2. The van der Waals surface area contributed by atoms with Gasteiger partial charge in [-0.05, 0) is 44.7 Å². The lowest BCUT2D eigenvalue weighted by atomic mass is 9.91. The monoisotopic (exact) mass is 320 g/mol. The molecule has 1 heterocycles. The third kappa shape index (κ3) is 3.67. The Morgan fingerprint density at radius 1 is 1.33 bits per heavy atom. The van der Waals surface area contributed by atoms with Crippen LogP contribution in [0.4, 0.5) is 0 Å². The van der Waals surface area contributed by atoms with E-state index in [-0.39, 0.29) is 36.3 Å². The molecule has 2 N–H and O–H groups in total. The van der Waals surface area contributed by atoms with Crippen LogP contribution in [0.2, 0.25) is 0 Å². The third-order valence-electron chi connectivity index (χ3n) is 4.57. The van der Waals surface area contributed by atoms with Crippen molar-refractivity contribution in [3.05, 3.63) is 0 Å². The van der Waals surface area contributed by atoms with Gasteiger partial charge in [0.15, 0.2) is 5.54 Å². The summed E-state index contributed by atoms with van der Waals surface area (Å²) in [5, 5.41) is 6.13. The molecule has 122 valence electrons. The number of piperidine rings is 1. The maximum absolute atomic E-state index is 12.4. The zero-order chi connectivity index (χ0) is 14.8. The van der Waals surface area contributed by atoms with Gasteiger partial charge in [-0.3, -0.25) is 4.79 Å². The number of nitrogens with one attached hydrogen (secondary N) is 2. The second kappa shape index (κ2) is 6.94. The predicted molar refractivity (Wildman–Crippen MR) is 80.3 cm³/mol. The summed E-state index contributed by atoms with van der Waals surface area (Å²) in [6.45, 7) is 3.68. The van der Waals surface area contributed by atoms with Crippen LogP contribution in [-0.4, -0.2) is 51.3 Å². The highest BCUT2D eigenvalue weighted by Crippen LogP contribution is 2.58. The molecule has 0 bridgehead atoms. The van der Waals surface area contributed by atoms with Crippen molar-refractivity contribution in [3.8, 4) is 0 Å². The van der Waals surface area contributed by atoms with Crippen molar-refractivity contribution in [1.82, 2.24) is 10.6 Å². The Kier molecular flexibility index (Phi) is 6.01.